The molecule has 0 aromatic heterocycles. The molecule has 10 unspecified atom stereocenters. The second-order valence-corrected chi connectivity index (χ2v) is 8.70. The van der Waals surface area contributed by atoms with E-state index < -0.39 is 91.8 Å². The van der Waals surface area contributed by atoms with E-state index in [1.165, 1.54) is 24.3 Å². The maximum atomic E-state index is 13.1. The second-order valence-electron chi connectivity index (χ2n) is 8.70. The van der Waals surface area contributed by atoms with Crippen LogP contribution < -0.4 is 0 Å². The molecule has 3 aliphatic heterocycles. The van der Waals surface area contributed by atoms with Gasteiger partial charge in [-0.25, -0.2) is 4.79 Å². The van der Waals surface area contributed by atoms with Gasteiger partial charge in [-0.15, -0.1) is 0 Å². The van der Waals surface area contributed by atoms with Gasteiger partial charge in [-0.3, -0.25) is 4.79 Å². The van der Waals surface area contributed by atoms with Gasteiger partial charge in [-0.2, -0.15) is 0 Å². The van der Waals surface area contributed by atoms with Crippen LogP contribution in [0, 0.1) is 0 Å². The molecule has 194 valence electrons. The number of phenolic OH excluding ortho intramolecular Hbond substituents is 1. The van der Waals surface area contributed by atoms with Crippen molar-refractivity contribution in [2.24, 2.45) is 0 Å². The first-order valence-corrected chi connectivity index (χ1v) is 10.7. The number of phenols is 1. The summed E-state index contributed by atoms with van der Waals surface area (Å²) in [5, 5.41) is 81.4. The van der Waals surface area contributed by atoms with Crippen LogP contribution in [-0.2, 0) is 28.5 Å². The number of carbonyl (C=O) groups excluding carboxylic acids is 1. The molecule has 3 fully saturated rings. The molecule has 0 saturated carbocycles. The average molecular weight is 502 g/mol. The van der Waals surface area contributed by atoms with Crippen molar-refractivity contribution in [3.8, 4) is 5.75 Å². The standard InChI is InChI=1S/C21H26O14/c22-6-12-14(27)15(28)16(29)18(33-12)35-21-17(11(24)7-32-21)34-19(30)20(21,31)10(5-13(25)26)8-1-3-9(23)4-2-8/h1-4,10-12,14-18,22-24,27-29,31H,5-7H2,(H,25,26). The molecule has 35 heavy (non-hydrogen) atoms. The number of aliphatic carboxylic acids is 1. The van der Waals surface area contributed by atoms with E-state index >= 15 is 0 Å². The number of esters is 1. The van der Waals surface area contributed by atoms with Gasteiger partial charge in [-0.05, 0) is 17.7 Å². The third-order valence-corrected chi connectivity index (χ3v) is 6.59. The molecule has 10 atom stereocenters. The largest absolute Gasteiger partial charge is 0.508 e. The quantitative estimate of drug-likeness (QED) is 0.169. The zero-order chi connectivity index (χ0) is 25.7. The Morgan fingerprint density at radius 3 is 2.37 bits per heavy atom. The lowest BCUT2D eigenvalue weighted by molar-refractivity contribution is -0.391. The average Bonchev–Trinajstić information content (AvgIpc) is 3.24. The summed E-state index contributed by atoms with van der Waals surface area (Å²) in [6, 6.07) is 4.91. The van der Waals surface area contributed by atoms with Crippen LogP contribution in [0.5, 0.6) is 5.75 Å². The molecule has 1 aromatic rings. The number of aliphatic hydroxyl groups excluding tert-OH is 5. The molecule has 3 heterocycles. The number of aliphatic hydroxyl groups is 6. The number of carboxylic acid groups (broad SMARTS) is 1. The molecule has 3 saturated heterocycles. The number of carboxylic acids is 1. The van der Waals surface area contributed by atoms with Gasteiger partial charge in [-0.1, -0.05) is 12.1 Å². The number of benzene rings is 1. The normalized spacial score (nSPS) is 41.9. The van der Waals surface area contributed by atoms with Crippen LogP contribution in [0.1, 0.15) is 17.9 Å². The number of hydrogen-bond acceptors (Lipinski definition) is 13. The number of rotatable bonds is 7. The minimum absolute atomic E-state index is 0.0621. The van der Waals surface area contributed by atoms with E-state index in [1.807, 2.05) is 0 Å². The zero-order valence-electron chi connectivity index (χ0n) is 18.1. The van der Waals surface area contributed by atoms with E-state index in [9.17, 15) is 50.4 Å². The van der Waals surface area contributed by atoms with Gasteiger partial charge in [0.05, 0.1) is 19.6 Å². The van der Waals surface area contributed by atoms with E-state index in [4.69, 9.17) is 18.9 Å². The fourth-order valence-electron chi connectivity index (χ4n) is 4.76. The molecule has 1 aromatic carbocycles. The van der Waals surface area contributed by atoms with Gasteiger partial charge in [0.15, 0.2) is 12.4 Å². The van der Waals surface area contributed by atoms with Gasteiger partial charge in [0.2, 0.25) is 5.60 Å². The fourth-order valence-corrected chi connectivity index (χ4v) is 4.76. The summed E-state index contributed by atoms with van der Waals surface area (Å²) in [6.07, 6.45) is -13.1. The van der Waals surface area contributed by atoms with Crippen molar-refractivity contribution in [2.45, 2.75) is 66.6 Å². The Bertz CT molecular complexity index is 952. The summed E-state index contributed by atoms with van der Waals surface area (Å²) in [6.45, 7) is -1.34. The van der Waals surface area contributed by atoms with Crippen molar-refractivity contribution in [2.75, 3.05) is 13.2 Å². The summed E-state index contributed by atoms with van der Waals surface area (Å²) in [7, 11) is 0. The van der Waals surface area contributed by atoms with Gasteiger partial charge in [0.25, 0.3) is 5.79 Å². The molecule has 3 aliphatic rings. The first-order chi connectivity index (χ1) is 16.5. The van der Waals surface area contributed by atoms with Crippen molar-refractivity contribution in [3.63, 3.8) is 0 Å². The second kappa shape index (κ2) is 9.24. The molecule has 0 bridgehead atoms. The third kappa shape index (κ3) is 3.96. The molecular weight excluding hydrogens is 476 g/mol. The van der Waals surface area contributed by atoms with E-state index in [1.54, 1.807) is 0 Å². The van der Waals surface area contributed by atoms with Crippen LogP contribution in [0.25, 0.3) is 0 Å². The predicted molar refractivity (Wildman–Crippen MR) is 107 cm³/mol. The molecule has 0 aliphatic carbocycles. The van der Waals surface area contributed by atoms with Crippen LogP contribution in [0.4, 0.5) is 0 Å². The third-order valence-electron chi connectivity index (χ3n) is 6.59. The Balaban J connectivity index is 1.80. The van der Waals surface area contributed by atoms with E-state index in [2.05, 4.69) is 0 Å². The minimum atomic E-state index is -2.94. The summed E-state index contributed by atoms with van der Waals surface area (Å²) >= 11 is 0. The van der Waals surface area contributed by atoms with Crippen LogP contribution in [0.2, 0.25) is 0 Å². The molecule has 0 amide bonds. The molecule has 0 radical (unpaired) electrons. The Kier molecular flexibility index (Phi) is 6.78. The topological polar surface area (TPSA) is 233 Å². The summed E-state index contributed by atoms with van der Waals surface area (Å²) < 4.78 is 21.8. The Morgan fingerprint density at radius 1 is 1.11 bits per heavy atom. The smallest absolute Gasteiger partial charge is 0.345 e. The first-order valence-electron chi connectivity index (χ1n) is 10.7. The van der Waals surface area contributed by atoms with Crippen molar-refractivity contribution in [1.82, 2.24) is 0 Å². The number of hydrogen-bond donors (Lipinski definition) is 8. The highest BCUT2D eigenvalue weighted by atomic mass is 16.8. The van der Waals surface area contributed by atoms with Crippen LogP contribution in [0.15, 0.2) is 24.3 Å². The highest BCUT2D eigenvalue weighted by Gasteiger charge is 2.78. The molecule has 14 nitrogen and oxygen atoms in total. The van der Waals surface area contributed by atoms with E-state index in [-0.39, 0.29) is 11.3 Å². The minimum Gasteiger partial charge on any atom is -0.508 e. The molecule has 4 rings (SSSR count). The summed E-state index contributed by atoms with van der Waals surface area (Å²) in [5.74, 6) is -7.27. The SMILES string of the molecule is O=C(O)CC(c1ccc(O)cc1)C1(O)C(=O)OC2C(O)COC21OC1OC(CO)C(O)C(O)C1O. The van der Waals surface area contributed by atoms with Crippen molar-refractivity contribution < 1.29 is 69.4 Å². The Hall–Kier alpha value is -2.40. The lowest BCUT2D eigenvalue weighted by Crippen LogP contribution is -2.67. The fraction of sp³-hybridized carbons (Fsp3) is 0.619. The van der Waals surface area contributed by atoms with Gasteiger partial charge >= 0.3 is 11.9 Å². The van der Waals surface area contributed by atoms with Crippen LogP contribution in [-0.4, -0.2) is 120 Å². The van der Waals surface area contributed by atoms with Crippen molar-refractivity contribution in [1.29, 1.82) is 0 Å². The van der Waals surface area contributed by atoms with E-state index in [0.29, 0.717) is 0 Å². The number of carbonyl (C=O) groups is 2. The molecule has 8 N–H and O–H groups in total. The van der Waals surface area contributed by atoms with E-state index in [0.717, 1.165) is 0 Å². The number of aromatic hydroxyl groups is 1. The summed E-state index contributed by atoms with van der Waals surface area (Å²) in [5.41, 5.74) is -2.88. The monoisotopic (exact) mass is 502 g/mol. The predicted octanol–water partition coefficient (Wildman–Crippen LogP) is -3.49. The number of ether oxygens (including phenoxy) is 4. The lowest BCUT2D eigenvalue weighted by atomic mass is 9.74. The Morgan fingerprint density at radius 2 is 1.77 bits per heavy atom. The van der Waals surface area contributed by atoms with Gasteiger partial charge in [0.1, 0.15) is 36.3 Å². The number of fused-ring (bicyclic) bond motifs is 1. The maximum absolute atomic E-state index is 13.1. The zero-order valence-corrected chi connectivity index (χ0v) is 18.1. The van der Waals surface area contributed by atoms with Crippen molar-refractivity contribution >= 4 is 11.9 Å². The highest BCUT2D eigenvalue weighted by Crippen LogP contribution is 2.54. The van der Waals surface area contributed by atoms with Crippen molar-refractivity contribution in [3.05, 3.63) is 29.8 Å². The first kappa shape index (κ1) is 25.7. The molecular formula is C21H26O14. The summed E-state index contributed by atoms with van der Waals surface area (Å²) in [4.78, 5) is 24.8. The van der Waals surface area contributed by atoms with Crippen LogP contribution >= 0.6 is 0 Å². The molecule has 14 heteroatoms. The van der Waals surface area contributed by atoms with Gasteiger partial charge in [0, 0.05) is 5.92 Å². The maximum Gasteiger partial charge on any atom is 0.345 e. The lowest BCUT2D eigenvalue weighted by Gasteiger charge is -2.46. The Labute approximate surface area is 197 Å². The van der Waals surface area contributed by atoms with Crippen LogP contribution in [0.3, 0.4) is 0 Å². The van der Waals surface area contributed by atoms with Gasteiger partial charge < -0.3 is 59.8 Å². The highest BCUT2D eigenvalue weighted by molar-refractivity contribution is 5.87. The molecule has 0 spiro atoms.